The number of benzene rings is 1. The summed E-state index contributed by atoms with van der Waals surface area (Å²) in [5.41, 5.74) is 2.33. The van der Waals surface area contributed by atoms with Crippen molar-refractivity contribution in [1.82, 2.24) is 5.16 Å². The molecule has 0 atom stereocenters. The predicted molar refractivity (Wildman–Crippen MR) is 70.6 cm³/mol. The van der Waals surface area contributed by atoms with Crippen LogP contribution in [0.1, 0.15) is 40.4 Å². The molecule has 5 heteroatoms. The smallest absolute Gasteiger partial charge is 0.358 e. The van der Waals surface area contributed by atoms with Crippen LogP contribution in [-0.2, 0) is 0 Å². The summed E-state index contributed by atoms with van der Waals surface area (Å²) in [6.45, 7) is 1.67. The Morgan fingerprint density at radius 1 is 1.47 bits per heavy atom. The number of halogens is 1. The van der Waals surface area contributed by atoms with Crippen LogP contribution in [0.2, 0.25) is 5.02 Å². The number of aromatic carboxylic acids is 1. The van der Waals surface area contributed by atoms with E-state index in [1.807, 2.05) is 18.2 Å². The first kappa shape index (κ1) is 12.2. The SMILES string of the molecule is Cc1c(C(=O)O)noc1-c1ccc(C2CC2)cc1Cl. The lowest BCUT2D eigenvalue weighted by Gasteiger charge is -2.04. The summed E-state index contributed by atoms with van der Waals surface area (Å²) >= 11 is 6.26. The van der Waals surface area contributed by atoms with Crippen LogP contribution in [0, 0.1) is 6.92 Å². The van der Waals surface area contributed by atoms with E-state index in [2.05, 4.69) is 5.16 Å². The maximum Gasteiger partial charge on any atom is 0.358 e. The monoisotopic (exact) mass is 277 g/mol. The lowest BCUT2D eigenvalue weighted by atomic mass is 10.0. The first-order valence-electron chi connectivity index (χ1n) is 6.07. The van der Waals surface area contributed by atoms with Gasteiger partial charge in [0.15, 0.2) is 11.5 Å². The van der Waals surface area contributed by atoms with Crippen molar-refractivity contribution in [2.45, 2.75) is 25.7 Å². The molecule has 2 aromatic rings. The van der Waals surface area contributed by atoms with Gasteiger partial charge in [-0.3, -0.25) is 0 Å². The molecule has 1 N–H and O–H groups in total. The van der Waals surface area contributed by atoms with Crippen LogP contribution >= 0.6 is 11.6 Å². The summed E-state index contributed by atoms with van der Waals surface area (Å²) in [5.74, 6) is -0.0556. The molecule has 1 aliphatic rings. The Hall–Kier alpha value is -1.81. The van der Waals surface area contributed by atoms with Crippen LogP contribution in [0.25, 0.3) is 11.3 Å². The molecule has 0 bridgehead atoms. The molecule has 1 fully saturated rings. The molecular weight excluding hydrogens is 266 g/mol. The Bertz CT molecular complexity index is 659. The first-order valence-corrected chi connectivity index (χ1v) is 6.45. The predicted octanol–water partition coefficient (Wildman–Crippen LogP) is 3.88. The number of hydrogen-bond acceptors (Lipinski definition) is 3. The fourth-order valence-electron chi connectivity index (χ4n) is 2.17. The van der Waals surface area contributed by atoms with Gasteiger partial charge in [0.2, 0.25) is 0 Å². The molecule has 1 heterocycles. The molecule has 0 unspecified atom stereocenters. The van der Waals surface area contributed by atoms with Crippen molar-refractivity contribution in [1.29, 1.82) is 0 Å². The van der Waals surface area contributed by atoms with Gasteiger partial charge in [-0.1, -0.05) is 22.8 Å². The average molecular weight is 278 g/mol. The van der Waals surface area contributed by atoms with Crippen LogP contribution in [0.15, 0.2) is 22.7 Å². The van der Waals surface area contributed by atoms with E-state index in [0.29, 0.717) is 27.8 Å². The third kappa shape index (κ3) is 2.12. The maximum atomic E-state index is 10.9. The van der Waals surface area contributed by atoms with Gasteiger partial charge < -0.3 is 9.63 Å². The minimum Gasteiger partial charge on any atom is -0.476 e. The van der Waals surface area contributed by atoms with E-state index in [1.165, 1.54) is 18.4 Å². The molecule has 3 rings (SSSR count). The summed E-state index contributed by atoms with van der Waals surface area (Å²) in [4.78, 5) is 10.9. The summed E-state index contributed by atoms with van der Waals surface area (Å²) in [7, 11) is 0. The third-order valence-electron chi connectivity index (χ3n) is 3.41. The molecule has 1 aliphatic carbocycles. The van der Waals surface area contributed by atoms with Crippen molar-refractivity contribution in [3.05, 3.63) is 40.0 Å². The van der Waals surface area contributed by atoms with Gasteiger partial charge in [-0.15, -0.1) is 0 Å². The highest BCUT2D eigenvalue weighted by molar-refractivity contribution is 6.33. The van der Waals surface area contributed by atoms with Gasteiger partial charge in [-0.2, -0.15) is 0 Å². The summed E-state index contributed by atoms with van der Waals surface area (Å²) < 4.78 is 5.12. The Morgan fingerprint density at radius 3 is 2.74 bits per heavy atom. The van der Waals surface area contributed by atoms with Gasteiger partial charge in [-0.05, 0) is 43.4 Å². The highest BCUT2D eigenvalue weighted by Gasteiger charge is 2.25. The van der Waals surface area contributed by atoms with Gasteiger partial charge in [0.1, 0.15) is 0 Å². The van der Waals surface area contributed by atoms with Gasteiger partial charge in [-0.25, -0.2) is 4.79 Å². The van der Waals surface area contributed by atoms with Gasteiger partial charge >= 0.3 is 5.97 Å². The molecule has 0 saturated heterocycles. The topological polar surface area (TPSA) is 63.3 Å². The van der Waals surface area contributed by atoms with E-state index < -0.39 is 5.97 Å². The normalized spacial score (nSPS) is 14.6. The molecule has 19 heavy (non-hydrogen) atoms. The van der Waals surface area contributed by atoms with Crippen LogP contribution in [0.4, 0.5) is 0 Å². The number of hydrogen-bond donors (Lipinski definition) is 1. The standard InChI is InChI=1S/C14H12ClNO3/c1-7-12(14(17)18)16-19-13(7)10-5-4-9(6-11(10)15)8-2-3-8/h4-6,8H,2-3H2,1H3,(H,17,18). The lowest BCUT2D eigenvalue weighted by molar-refractivity contribution is 0.0685. The molecule has 0 aliphatic heterocycles. The lowest BCUT2D eigenvalue weighted by Crippen LogP contribution is -1.98. The van der Waals surface area contributed by atoms with Crippen molar-refractivity contribution in [3.63, 3.8) is 0 Å². The minimum atomic E-state index is -1.10. The first-order chi connectivity index (χ1) is 9.08. The molecule has 0 spiro atoms. The van der Waals surface area contributed by atoms with Crippen LogP contribution in [-0.4, -0.2) is 16.2 Å². The molecule has 4 nitrogen and oxygen atoms in total. The Labute approximate surface area is 115 Å². The number of aromatic nitrogens is 1. The van der Waals surface area contributed by atoms with E-state index in [-0.39, 0.29) is 5.69 Å². The number of carboxylic acid groups (broad SMARTS) is 1. The number of rotatable bonds is 3. The largest absolute Gasteiger partial charge is 0.476 e. The van der Waals surface area contributed by atoms with Gasteiger partial charge in [0.25, 0.3) is 0 Å². The molecule has 1 saturated carbocycles. The molecule has 98 valence electrons. The second-order valence-corrected chi connectivity index (χ2v) is 5.21. The third-order valence-corrected chi connectivity index (χ3v) is 3.73. The van der Waals surface area contributed by atoms with E-state index in [1.54, 1.807) is 6.92 Å². The molecule has 0 radical (unpaired) electrons. The molecule has 0 amide bonds. The minimum absolute atomic E-state index is 0.0719. The van der Waals surface area contributed by atoms with Crippen LogP contribution in [0.5, 0.6) is 0 Å². The zero-order valence-corrected chi connectivity index (χ0v) is 11.1. The van der Waals surface area contributed by atoms with Crippen molar-refractivity contribution < 1.29 is 14.4 Å². The summed E-state index contributed by atoms with van der Waals surface area (Å²) in [5, 5.41) is 13.1. The number of carbonyl (C=O) groups is 1. The second-order valence-electron chi connectivity index (χ2n) is 4.80. The number of nitrogens with zero attached hydrogens (tertiary/aromatic N) is 1. The van der Waals surface area contributed by atoms with Crippen molar-refractivity contribution in [3.8, 4) is 11.3 Å². The van der Waals surface area contributed by atoms with Crippen LogP contribution < -0.4 is 0 Å². The highest BCUT2D eigenvalue weighted by Crippen LogP contribution is 2.42. The van der Waals surface area contributed by atoms with Crippen LogP contribution in [0.3, 0.4) is 0 Å². The Kier molecular flexibility index (Phi) is 2.82. The van der Waals surface area contributed by atoms with E-state index in [4.69, 9.17) is 21.2 Å². The average Bonchev–Trinajstić information content (AvgIpc) is 3.13. The second kappa shape index (κ2) is 4.38. The summed E-state index contributed by atoms with van der Waals surface area (Å²) in [6.07, 6.45) is 2.42. The zero-order valence-electron chi connectivity index (χ0n) is 10.3. The quantitative estimate of drug-likeness (QED) is 0.925. The summed E-state index contributed by atoms with van der Waals surface area (Å²) in [6, 6.07) is 5.81. The Balaban J connectivity index is 2.04. The van der Waals surface area contributed by atoms with Gasteiger partial charge in [0.05, 0.1) is 5.02 Å². The maximum absolute atomic E-state index is 10.9. The van der Waals surface area contributed by atoms with E-state index in [0.717, 1.165) is 0 Å². The van der Waals surface area contributed by atoms with Crippen molar-refractivity contribution in [2.75, 3.05) is 0 Å². The molecular formula is C14H12ClNO3. The fourth-order valence-corrected chi connectivity index (χ4v) is 2.45. The fraction of sp³-hybridized carbons (Fsp3) is 0.286. The van der Waals surface area contributed by atoms with Crippen molar-refractivity contribution in [2.24, 2.45) is 0 Å². The van der Waals surface area contributed by atoms with E-state index >= 15 is 0 Å². The zero-order chi connectivity index (χ0) is 13.6. The molecule has 1 aromatic heterocycles. The number of carboxylic acids is 1. The van der Waals surface area contributed by atoms with Gasteiger partial charge in [0, 0.05) is 11.1 Å². The molecule has 1 aromatic carbocycles. The van der Waals surface area contributed by atoms with Crippen molar-refractivity contribution >= 4 is 17.6 Å². The highest BCUT2D eigenvalue weighted by atomic mass is 35.5. The van der Waals surface area contributed by atoms with E-state index in [9.17, 15) is 4.79 Å². The Morgan fingerprint density at radius 2 is 2.21 bits per heavy atom.